The van der Waals surface area contributed by atoms with Crippen LogP contribution >= 0.6 is 0 Å². The molecule has 0 heterocycles. The third kappa shape index (κ3) is 57.9. The predicted octanol–water partition coefficient (Wildman–Crippen LogP) is -0.426. The van der Waals surface area contributed by atoms with Gasteiger partial charge in [-0.2, -0.15) is 0 Å². The van der Waals surface area contributed by atoms with Crippen LogP contribution in [0.4, 0.5) is 0 Å². The molecule has 11 heavy (non-hydrogen) atoms. The lowest BCUT2D eigenvalue weighted by Crippen LogP contribution is -2.20. The van der Waals surface area contributed by atoms with E-state index in [0.717, 1.165) is 0 Å². The van der Waals surface area contributed by atoms with Crippen LogP contribution in [-0.2, 0) is 9.53 Å². The molecule has 0 aromatic rings. The normalized spacial score (nSPS) is 7.00. The maximum atomic E-state index is 9.93. The van der Waals surface area contributed by atoms with Gasteiger partial charge in [-0.05, 0) is 0 Å². The van der Waals surface area contributed by atoms with Crippen molar-refractivity contribution in [3.63, 3.8) is 0 Å². The Labute approximate surface area is 65.5 Å². The fourth-order valence-corrected chi connectivity index (χ4v) is 0.176. The van der Waals surface area contributed by atoms with Crippen LogP contribution in [0.3, 0.4) is 0 Å². The number of esters is 1. The first-order valence-corrected chi connectivity index (χ1v) is 2.84. The van der Waals surface area contributed by atoms with Crippen LogP contribution in [0.5, 0.6) is 0 Å². The van der Waals surface area contributed by atoms with E-state index in [0.29, 0.717) is 6.61 Å². The van der Waals surface area contributed by atoms with Crippen molar-refractivity contribution < 1.29 is 9.53 Å². The molecule has 64 valence electrons. The molecule has 0 saturated carbocycles. The zero-order chi connectivity index (χ0) is 9.28. The molecule has 0 aliphatic carbocycles. The van der Waals surface area contributed by atoms with Crippen molar-refractivity contribution in [1.29, 1.82) is 5.41 Å². The Morgan fingerprint density at radius 1 is 1.73 bits per heavy atom. The van der Waals surface area contributed by atoms with E-state index in [4.69, 9.17) is 5.41 Å². The molecule has 0 bridgehead atoms. The summed E-state index contributed by atoms with van der Waals surface area (Å²) in [5.74, 6) is -0.597. The highest BCUT2D eigenvalue weighted by molar-refractivity contribution is 5.71. The highest BCUT2D eigenvalue weighted by Gasteiger charge is 1.83. The molecule has 0 fully saturated rings. The Hall–Kier alpha value is -1.52. The topological polar surface area (TPSA) is 102 Å². The summed E-state index contributed by atoms with van der Waals surface area (Å²) in [4.78, 5) is 9.93. The molecule has 5 heteroatoms. The molecule has 0 saturated heterocycles. The Bertz CT molecular complexity index is 141. The molecule has 0 aliphatic rings. The summed E-state index contributed by atoms with van der Waals surface area (Å²) in [5, 5.41) is 6.06. The lowest BCUT2D eigenvalue weighted by molar-refractivity contribution is -0.139. The van der Waals surface area contributed by atoms with Crippen LogP contribution in [-0.4, -0.2) is 18.5 Å². The van der Waals surface area contributed by atoms with E-state index in [2.05, 4.69) is 22.8 Å². The molecule has 0 unspecified atom stereocenters. The first-order valence-electron chi connectivity index (χ1n) is 2.84. The molecular weight excluding hydrogens is 146 g/mol. The fraction of sp³-hybridized carbons (Fsp3) is 0.333. The second kappa shape index (κ2) is 8.48. The molecule has 0 aromatic heterocycles. The van der Waals surface area contributed by atoms with Crippen molar-refractivity contribution in [1.82, 2.24) is 0 Å². The number of nitrogens with one attached hydrogen (secondary N) is 1. The number of carbonyl (C=O) groups excluding carboxylic acids is 1. The third-order valence-corrected chi connectivity index (χ3v) is 0.404. The first-order chi connectivity index (χ1) is 5.00. The van der Waals surface area contributed by atoms with Gasteiger partial charge in [-0.25, -0.2) is 0 Å². The van der Waals surface area contributed by atoms with Crippen molar-refractivity contribution in [2.75, 3.05) is 6.61 Å². The zero-order valence-corrected chi connectivity index (χ0v) is 6.46. The van der Waals surface area contributed by atoms with Gasteiger partial charge in [-0.1, -0.05) is 12.7 Å². The standard InChI is InChI=1S/C5H8O2.CH5N3/c1-3-4-7-5(2)6;2-1(3)4/h3H,1,4H2,2H3;(H5,2,3,4). The number of ether oxygens (including phenoxy) is 1. The second-order valence-corrected chi connectivity index (χ2v) is 1.55. The van der Waals surface area contributed by atoms with E-state index in [1.54, 1.807) is 0 Å². The third-order valence-electron chi connectivity index (χ3n) is 0.404. The van der Waals surface area contributed by atoms with Gasteiger partial charge >= 0.3 is 5.97 Å². The number of nitrogens with two attached hydrogens (primary N) is 2. The van der Waals surface area contributed by atoms with Gasteiger partial charge < -0.3 is 16.2 Å². The van der Waals surface area contributed by atoms with Crippen LogP contribution in [0.1, 0.15) is 6.92 Å². The molecule has 5 nitrogen and oxygen atoms in total. The largest absolute Gasteiger partial charge is 0.462 e. The van der Waals surface area contributed by atoms with Crippen LogP contribution in [0.15, 0.2) is 12.7 Å². The monoisotopic (exact) mass is 159 g/mol. The number of carbonyl (C=O) groups is 1. The Morgan fingerprint density at radius 2 is 2.09 bits per heavy atom. The van der Waals surface area contributed by atoms with Crippen LogP contribution in [0.25, 0.3) is 0 Å². The maximum absolute atomic E-state index is 9.93. The smallest absolute Gasteiger partial charge is 0.302 e. The molecule has 0 radical (unpaired) electrons. The molecule has 0 aromatic carbocycles. The van der Waals surface area contributed by atoms with Crippen molar-refractivity contribution >= 4 is 11.9 Å². The van der Waals surface area contributed by atoms with Gasteiger partial charge in [0.2, 0.25) is 0 Å². The number of rotatable bonds is 2. The molecule has 0 aliphatic heterocycles. The van der Waals surface area contributed by atoms with E-state index >= 15 is 0 Å². The molecular formula is C6H13N3O2. The Balaban J connectivity index is 0. The lowest BCUT2D eigenvalue weighted by atomic mass is 10.7. The summed E-state index contributed by atoms with van der Waals surface area (Å²) in [6.45, 7) is 5.03. The van der Waals surface area contributed by atoms with E-state index < -0.39 is 0 Å². The molecule has 5 N–H and O–H groups in total. The average molecular weight is 159 g/mol. The van der Waals surface area contributed by atoms with Crippen LogP contribution in [0, 0.1) is 5.41 Å². The summed E-state index contributed by atoms with van der Waals surface area (Å²) in [6.07, 6.45) is 1.53. The van der Waals surface area contributed by atoms with Gasteiger partial charge in [-0.15, -0.1) is 0 Å². The average Bonchev–Trinajstić information content (AvgIpc) is 1.82. The highest BCUT2D eigenvalue weighted by Crippen LogP contribution is 1.73. The van der Waals surface area contributed by atoms with Crippen molar-refractivity contribution in [2.45, 2.75) is 6.92 Å². The quantitative estimate of drug-likeness (QED) is 0.220. The summed E-state index contributed by atoms with van der Waals surface area (Å²) in [5.41, 5.74) is 8.94. The summed E-state index contributed by atoms with van der Waals surface area (Å²) >= 11 is 0. The maximum Gasteiger partial charge on any atom is 0.302 e. The van der Waals surface area contributed by atoms with E-state index in [1.807, 2.05) is 0 Å². The fourth-order valence-electron chi connectivity index (χ4n) is 0.176. The Morgan fingerprint density at radius 3 is 2.18 bits per heavy atom. The SMILES string of the molecule is C=CCOC(C)=O.N=C(N)N. The highest BCUT2D eigenvalue weighted by atomic mass is 16.5. The first kappa shape index (κ1) is 12.2. The van der Waals surface area contributed by atoms with Gasteiger partial charge in [0, 0.05) is 6.92 Å². The van der Waals surface area contributed by atoms with Crippen LogP contribution < -0.4 is 11.5 Å². The Kier molecular flexibility index (Phi) is 9.39. The molecule has 0 amide bonds. The second-order valence-electron chi connectivity index (χ2n) is 1.55. The summed E-state index contributed by atoms with van der Waals surface area (Å²) in [7, 11) is 0. The van der Waals surface area contributed by atoms with Gasteiger partial charge in [-0.3, -0.25) is 10.2 Å². The minimum atomic E-state index is -0.333. The van der Waals surface area contributed by atoms with Gasteiger partial charge in [0.1, 0.15) is 6.61 Å². The number of guanidine groups is 1. The van der Waals surface area contributed by atoms with E-state index in [9.17, 15) is 4.79 Å². The van der Waals surface area contributed by atoms with E-state index in [1.165, 1.54) is 13.0 Å². The van der Waals surface area contributed by atoms with Crippen molar-refractivity contribution in [3.05, 3.63) is 12.7 Å². The molecule has 0 atom stereocenters. The van der Waals surface area contributed by atoms with Gasteiger partial charge in [0.25, 0.3) is 0 Å². The number of hydrogen-bond acceptors (Lipinski definition) is 3. The van der Waals surface area contributed by atoms with Gasteiger partial charge in [0.15, 0.2) is 5.96 Å². The molecule has 0 rings (SSSR count). The minimum Gasteiger partial charge on any atom is -0.462 e. The lowest BCUT2D eigenvalue weighted by Gasteiger charge is -1.90. The predicted molar refractivity (Wildman–Crippen MR) is 42.9 cm³/mol. The zero-order valence-electron chi connectivity index (χ0n) is 6.46. The van der Waals surface area contributed by atoms with Crippen molar-refractivity contribution in [3.8, 4) is 0 Å². The minimum absolute atomic E-state index is 0.264. The van der Waals surface area contributed by atoms with Crippen molar-refractivity contribution in [2.24, 2.45) is 11.5 Å². The summed E-state index contributed by atoms with van der Waals surface area (Å²) in [6, 6.07) is 0. The van der Waals surface area contributed by atoms with E-state index in [-0.39, 0.29) is 11.9 Å². The summed E-state index contributed by atoms with van der Waals surface area (Å²) < 4.78 is 4.43. The number of hydrogen-bond donors (Lipinski definition) is 3. The van der Waals surface area contributed by atoms with Crippen LogP contribution in [0.2, 0.25) is 0 Å². The molecule has 0 spiro atoms. The van der Waals surface area contributed by atoms with Gasteiger partial charge in [0.05, 0.1) is 0 Å².